The van der Waals surface area contributed by atoms with Gasteiger partial charge in [-0.1, -0.05) is 50.5 Å². The van der Waals surface area contributed by atoms with Crippen molar-refractivity contribution in [3.05, 3.63) is 24.3 Å². The molecule has 0 aromatic heterocycles. The Hall–Kier alpha value is -0.560. The average molecular weight is 238 g/mol. The molecule has 0 aromatic carbocycles. The van der Waals surface area contributed by atoms with Crippen LogP contribution in [0.5, 0.6) is 0 Å². The minimum atomic E-state index is 0.328. The lowest BCUT2D eigenvalue weighted by Crippen LogP contribution is -1.80. The summed E-state index contributed by atoms with van der Waals surface area (Å²) >= 11 is 0. The second kappa shape index (κ2) is 15.4. The molecule has 0 rings (SSSR count). The minimum absolute atomic E-state index is 0.328. The zero-order chi connectivity index (χ0) is 12.6. The lowest BCUT2D eigenvalue weighted by atomic mass is 10.1. The number of unbranched alkanes of at least 4 members (excludes halogenated alkanes) is 7. The fraction of sp³-hybridized carbons (Fsp3) is 0.750. The summed E-state index contributed by atoms with van der Waals surface area (Å²) in [4.78, 5) is 0. The van der Waals surface area contributed by atoms with E-state index in [1.54, 1.807) is 0 Å². The smallest absolute Gasteiger partial charge is 0.0431 e. The molecule has 0 heterocycles. The molecule has 0 aliphatic heterocycles. The van der Waals surface area contributed by atoms with E-state index in [-0.39, 0.29) is 0 Å². The maximum atomic E-state index is 8.61. The summed E-state index contributed by atoms with van der Waals surface area (Å²) in [6, 6.07) is 0. The van der Waals surface area contributed by atoms with E-state index in [0.29, 0.717) is 6.61 Å². The molecule has 0 atom stereocenters. The molecule has 0 unspecified atom stereocenters. The first-order valence-corrected chi connectivity index (χ1v) is 7.32. The molecule has 100 valence electrons. The Morgan fingerprint density at radius 1 is 0.647 bits per heavy atom. The van der Waals surface area contributed by atoms with Gasteiger partial charge in [-0.15, -0.1) is 0 Å². The summed E-state index contributed by atoms with van der Waals surface area (Å²) in [5.74, 6) is 0. The van der Waals surface area contributed by atoms with Crippen molar-refractivity contribution in [2.24, 2.45) is 0 Å². The Kier molecular flexibility index (Phi) is 14.9. The van der Waals surface area contributed by atoms with Gasteiger partial charge in [0.15, 0.2) is 0 Å². The summed E-state index contributed by atoms with van der Waals surface area (Å²) in [6.45, 7) is 2.58. The van der Waals surface area contributed by atoms with Gasteiger partial charge in [-0.25, -0.2) is 0 Å². The Bertz CT molecular complexity index is 182. The van der Waals surface area contributed by atoms with Crippen LogP contribution in [0.1, 0.15) is 71.1 Å². The Labute approximate surface area is 108 Å². The van der Waals surface area contributed by atoms with Crippen molar-refractivity contribution in [2.75, 3.05) is 6.61 Å². The van der Waals surface area contributed by atoms with E-state index in [4.69, 9.17) is 5.11 Å². The summed E-state index contributed by atoms with van der Waals surface area (Å²) < 4.78 is 0. The van der Waals surface area contributed by atoms with Crippen LogP contribution in [0.3, 0.4) is 0 Å². The summed E-state index contributed by atoms with van der Waals surface area (Å²) in [5.41, 5.74) is 0. The first-order valence-electron chi connectivity index (χ1n) is 7.32. The van der Waals surface area contributed by atoms with Crippen molar-refractivity contribution in [3.8, 4) is 0 Å². The number of rotatable bonds is 12. The van der Waals surface area contributed by atoms with Crippen molar-refractivity contribution < 1.29 is 5.11 Å². The van der Waals surface area contributed by atoms with Crippen LogP contribution in [0.4, 0.5) is 0 Å². The highest BCUT2D eigenvalue weighted by molar-refractivity contribution is 4.87. The van der Waals surface area contributed by atoms with Crippen LogP contribution in [-0.2, 0) is 0 Å². The fourth-order valence-corrected chi connectivity index (χ4v) is 1.73. The van der Waals surface area contributed by atoms with Gasteiger partial charge in [0.2, 0.25) is 0 Å². The molecule has 1 N–H and O–H groups in total. The van der Waals surface area contributed by atoms with Gasteiger partial charge in [0.05, 0.1) is 0 Å². The van der Waals surface area contributed by atoms with E-state index in [9.17, 15) is 0 Å². The quantitative estimate of drug-likeness (QED) is 0.374. The van der Waals surface area contributed by atoms with Gasteiger partial charge >= 0.3 is 0 Å². The first kappa shape index (κ1) is 16.4. The fourth-order valence-electron chi connectivity index (χ4n) is 1.73. The van der Waals surface area contributed by atoms with Crippen molar-refractivity contribution in [2.45, 2.75) is 71.1 Å². The van der Waals surface area contributed by atoms with E-state index < -0.39 is 0 Å². The molecule has 0 fully saturated rings. The number of hydrogen-bond acceptors (Lipinski definition) is 1. The highest BCUT2D eigenvalue weighted by Gasteiger charge is 1.84. The zero-order valence-electron chi connectivity index (χ0n) is 11.5. The highest BCUT2D eigenvalue weighted by atomic mass is 16.2. The van der Waals surface area contributed by atoms with Gasteiger partial charge in [0.1, 0.15) is 0 Å². The molecule has 0 amide bonds. The van der Waals surface area contributed by atoms with Crippen LogP contribution in [0, 0.1) is 0 Å². The molecule has 17 heavy (non-hydrogen) atoms. The van der Waals surface area contributed by atoms with E-state index in [1.807, 2.05) is 0 Å². The SMILES string of the molecule is CCCCCC/C=C\CC/C=C\CCCCO. The molecule has 1 nitrogen and oxygen atoms in total. The standard InChI is InChI=1S/C16H30O/c1-2-3-4-5-6-7-8-9-10-11-12-13-14-15-16-17/h7-8,11-12,17H,2-6,9-10,13-16H2,1H3/b8-7-,12-11-. The third-order valence-electron chi connectivity index (χ3n) is 2.84. The number of aliphatic hydroxyl groups is 1. The molecule has 0 aliphatic rings. The summed E-state index contributed by atoms with van der Waals surface area (Å²) in [5, 5.41) is 8.61. The molecule has 1 heteroatoms. The van der Waals surface area contributed by atoms with Crippen LogP contribution in [-0.4, -0.2) is 11.7 Å². The van der Waals surface area contributed by atoms with Gasteiger partial charge in [0, 0.05) is 6.61 Å². The molecular formula is C16H30O. The predicted molar refractivity (Wildman–Crippen MR) is 77.2 cm³/mol. The van der Waals surface area contributed by atoms with E-state index in [0.717, 1.165) is 25.7 Å². The monoisotopic (exact) mass is 238 g/mol. The lowest BCUT2D eigenvalue weighted by Gasteiger charge is -1.94. The largest absolute Gasteiger partial charge is 0.396 e. The average Bonchev–Trinajstić information content (AvgIpc) is 2.35. The van der Waals surface area contributed by atoms with Crippen molar-refractivity contribution in [3.63, 3.8) is 0 Å². The van der Waals surface area contributed by atoms with Crippen LogP contribution in [0.15, 0.2) is 24.3 Å². The van der Waals surface area contributed by atoms with Gasteiger partial charge in [-0.05, 0) is 44.9 Å². The predicted octanol–water partition coefficient (Wildman–Crippen LogP) is 5.01. The Balaban J connectivity index is 3.13. The van der Waals surface area contributed by atoms with E-state index in [2.05, 4.69) is 31.2 Å². The number of allylic oxidation sites excluding steroid dienone is 4. The number of hydrogen-bond donors (Lipinski definition) is 1. The van der Waals surface area contributed by atoms with Crippen molar-refractivity contribution >= 4 is 0 Å². The first-order chi connectivity index (χ1) is 8.41. The Morgan fingerprint density at radius 2 is 1.18 bits per heavy atom. The van der Waals surface area contributed by atoms with Crippen molar-refractivity contribution in [1.82, 2.24) is 0 Å². The second-order valence-corrected chi connectivity index (χ2v) is 4.59. The highest BCUT2D eigenvalue weighted by Crippen LogP contribution is 2.04. The normalized spacial score (nSPS) is 11.9. The summed E-state index contributed by atoms with van der Waals surface area (Å²) in [7, 11) is 0. The van der Waals surface area contributed by atoms with Crippen molar-refractivity contribution in [1.29, 1.82) is 0 Å². The van der Waals surface area contributed by atoms with E-state index in [1.165, 1.54) is 38.5 Å². The molecule has 0 saturated heterocycles. The van der Waals surface area contributed by atoms with Gasteiger partial charge in [0.25, 0.3) is 0 Å². The van der Waals surface area contributed by atoms with Gasteiger partial charge in [-0.2, -0.15) is 0 Å². The summed E-state index contributed by atoms with van der Waals surface area (Å²) in [6.07, 6.45) is 21.3. The van der Waals surface area contributed by atoms with Gasteiger partial charge in [-0.3, -0.25) is 0 Å². The minimum Gasteiger partial charge on any atom is -0.396 e. The Morgan fingerprint density at radius 3 is 1.71 bits per heavy atom. The molecule has 0 radical (unpaired) electrons. The molecule has 0 saturated carbocycles. The molecule has 0 spiro atoms. The molecule has 0 aliphatic carbocycles. The zero-order valence-corrected chi connectivity index (χ0v) is 11.5. The molecule has 0 bridgehead atoms. The van der Waals surface area contributed by atoms with Crippen LogP contribution < -0.4 is 0 Å². The van der Waals surface area contributed by atoms with E-state index >= 15 is 0 Å². The van der Waals surface area contributed by atoms with Crippen LogP contribution >= 0.6 is 0 Å². The van der Waals surface area contributed by atoms with Crippen LogP contribution in [0.25, 0.3) is 0 Å². The third kappa shape index (κ3) is 15.4. The third-order valence-corrected chi connectivity index (χ3v) is 2.84. The number of aliphatic hydroxyl groups excluding tert-OH is 1. The second-order valence-electron chi connectivity index (χ2n) is 4.59. The maximum Gasteiger partial charge on any atom is 0.0431 e. The topological polar surface area (TPSA) is 20.2 Å². The lowest BCUT2D eigenvalue weighted by molar-refractivity contribution is 0.285. The molecule has 0 aromatic rings. The van der Waals surface area contributed by atoms with Crippen LogP contribution in [0.2, 0.25) is 0 Å². The molecular weight excluding hydrogens is 208 g/mol. The maximum absolute atomic E-state index is 8.61. The van der Waals surface area contributed by atoms with Gasteiger partial charge < -0.3 is 5.11 Å².